The molecule has 17 heavy (non-hydrogen) atoms. The third kappa shape index (κ3) is 3.32. The van der Waals surface area contributed by atoms with Crippen molar-refractivity contribution in [2.45, 2.75) is 0 Å². The Bertz CT molecular complexity index is 465. The third-order valence-electron chi connectivity index (χ3n) is 2.03. The van der Waals surface area contributed by atoms with E-state index in [1.54, 1.807) is 24.3 Å². The van der Waals surface area contributed by atoms with Gasteiger partial charge in [0.05, 0.1) is 19.8 Å². The zero-order chi connectivity index (χ0) is 12.8. The molecule has 0 saturated carbocycles. The van der Waals surface area contributed by atoms with E-state index in [0.29, 0.717) is 11.1 Å². The zero-order valence-electron chi connectivity index (χ0n) is 9.40. The molecule has 4 nitrogen and oxygen atoms in total. The molecule has 0 heterocycles. The highest BCUT2D eigenvalue weighted by atomic mass is 35.5. The largest absolute Gasteiger partial charge is 0.465 e. The Kier molecular flexibility index (Phi) is 4.72. The summed E-state index contributed by atoms with van der Waals surface area (Å²) in [6, 6.07) is 6.64. The molecule has 90 valence electrons. The first-order valence-corrected chi connectivity index (χ1v) is 5.10. The summed E-state index contributed by atoms with van der Waals surface area (Å²) in [6.07, 6.45) is 1.36. The molecule has 0 saturated heterocycles. The van der Waals surface area contributed by atoms with Crippen molar-refractivity contribution in [3.63, 3.8) is 0 Å². The summed E-state index contributed by atoms with van der Waals surface area (Å²) in [5.74, 6) is -1.16. The van der Waals surface area contributed by atoms with Gasteiger partial charge in [0.2, 0.25) is 0 Å². The molecule has 0 atom stereocenters. The molecule has 0 aliphatic rings. The number of carbonyl (C=O) groups is 2. The Labute approximate surface area is 104 Å². The Balaban J connectivity index is 3.14. The molecule has 0 bridgehead atoms. The molecule has 5 heteroatoms. The lowest BCUT2D eigenvalue weighted by Crippen LogP contribution is -2.04. The van der Waals surface area contributed by atoms with Crippen LogP contribution >= 0.6 is 11.6 Å². The van der Waals surface area contributed by atoms with E-state index in [4.69, 9.17) is 11.6 Å². The van der Waals surface area contributed by atoms with Crippen LogP contribution in [0.3, 0.4) is 0 Å². The third-order valence-corrected chi connectivity index (χ3v) is 2.29. The molecule has 0 N–H and O–H groups in total. The minimum absolute atomic E-state index is 0.108. The number of ether oxygens (including phenoxy) is 2. The number of rotatable bonds is 3. The maximum Gasteiger partial charge on any atom is 0.349 e. The van der Waals surface area contributed by atoms with Gasteiger partial charge in [-0.25, -0.2) is 9.59 Å². The topological polar surface area (TPSA) is 52.6 Å². The average Bonchev–Trinajstić information content (AvgIpc) is 2.37. The second-order valence-corrected chi connectivity index (χ2v) is 3.47. The molecule has 1 aromatic carbocycles. The fraction of sp³-hybridized carbons (Fsp3) is 0.167. The monoisotopic (exact) mass is 254 g/mol. The summed E-state index contributed by atoms with van der Waals surface area (Å²) in [6.45, 7) is 0. The molecule has 0 aromatic heterocycles. The normalized spacial score (nSPS) is 10.9. The van der Waals surface area contributed by atoms with Gasteiger partial charge in [-0.1, -0.05) is 29.8 Å². The van der Waals surface area contributed by atoms with Crippen LogP contribution in [-0.2, 0) is 14.3 Å². The van der Waals surface area contributed by atoms with E-state index in [0.717, 1.165) is 0 Å². The van der Waals surface area contributed by atoms with Gasteiger partial charge in [-0.15, -0.1) is 0 Å². The second kappa shape index (κ2) is 6.06. The zero-order valence-corrected chi connectivity index (χ0v) is 10.2. The lowest BCUT2D eigenvalue weighted by Gasteiger charge is -2.04. The Morgan fingerprint density at radius 1 is 1.18 bits per heavy atom. The van der Waals surface area contributed by atoms with E-state index >= 15 is 0 Å². The summed E-state index contributed by atoms with van der Waals surface area (Å²) in [4.78, 5) is 22.6. The average molecular weight is 255 g/mol. The summed E-state index contributed by atoms with van der Waals surface area (Å²) in [7, 11) is 2.51. The lowest BCUT2D eigenvalue weighted by atomic mass is 10.1. The quantitative estimate of drug-likeness (QED) is 0.613. The number of hydrogen-bond donors (Lipinski definition) is 0. The predicted octanol–water partition coefficient (Wildman–Crippen LogP) is 2.23. The van der Waals surface area contributed by atoms with Gasteiger partial charge in [-0.05, 0) is 17.7 Å². The Morgan fingerprint density at radius 2 is 1.82 bits per heavy atom. The van der Waals surface area contributed by atoms with Gasteiger partial charge in [0.1, 0.15) is 5.03 Å². The second-order valence-electron chi connectivity index (χ2n) is 3.06. The minimum atomic E-state index is -0.661. The first-order chi connectivity index (χ1) is 8.10. The molecule has 0 radical (unpaired) electrons. The van der Waals surface area contributed by atoms with Crippen LogP contribution in [0.15, 0.2) is 29.3 Å². The number of esters is 2. The first kappa shape index (κ1) is 13.3. The maximum absolute atomic E-state index is 11.4. The summed E-state index contributed by atoms with van der Waals surface area (Å²) in [5.41, 5.74) is 0.826. The van der Waals surface area contributed by atoms with Crippen LogP contribution in [0.4, 0.5) is 0 Å². The van der Waals surface area contributed by atoms with E-state index in [1.807, 2.05) is 0 Å². The molecule has 0 fully saturated rings. The van der Waals surface area contributed by atoms with Crippen molar-refractivity contribution in [1.29, 1.82) is 0 Å². The van der Waals surface area contributed by atoms with Crippen molar-refractivity contribution < 1.29 is 19.1 Å². The van der Waals surface area contributed by atoms with E-state index in [2.05, 4.69) is 9.47 Å². The molecule has 1 rings (SSSR count). The number of hydrogen-bond acceptors (Lipinski definition) is 4. The molecule has 0 aliphatic carbocycles. The standard InChI is InChI=1S/C12H11ClO4/c1-16-11(14)9-6-4-3-5-8(9)7-10(13)12(15)17-2/h3-7H,1-2H3. The van der Waals surface area contributed by atoms with Crippen LogP contribution in [0, 0.1) is 0 Å². The number of halogens is 1. The number of methoxy groups -OCH3 is 2. The Morgan fingerprint density at radius 3 is 2.41 bits per heavy atom. The molecule has 0 aliphatic heterocycles. The van der Waals surface area contributed by atoms with Crippen molar-refractivity contribution in [2.24, 2.45) is 0 Å². The maximum atomic E-state index is 11.4. The van der Waals surface area contributed by atoms with Crippen LogP contribution < -0.4 is 0 Å². The molecular weight excluding hydrogens is 244 g/mol. The van der Waals surface area contributed by atoms with Gasteiger partial charge in [0, 0.05) is 0 Å². The highest BCUT2D eigenvalue weighted by molar-refractivity contribution is 6.43. The van der Waals surface area contributed by atoms with Gasteiger partial charge >= 0.3 is 11.9 Å². The van der Waals surface area contributed by atoms with Crippen LogP contribution in [0.1, 0.15) is 15.9 Å². The van der Waals surface area contributed by atoms with Gasteiger partial charge in [-0.2, -0.15) is 0 Å². The van der Waals surface area contributed by atoms with Gasteiger partial charge in [0.15, 0.2) is 0 Å². The van der Waals surface area contributed by atoms with Crippen molar-refractivity contribution >= 4 is 29.6 Å². The van der Waals surface area contributed by atoms with Crippen LogP contribution in [0.2, 0.25) is 0 Å². The van der Waals surface area contributed by atoms with Gasteiger partial charge in [0.25, 0.3) is 0 Å². The number of benzene rings is 1. The Hall–Kier alpha value is -1.81. The fourth-order valence-corrected chi connectivity index (χ4v) is 1.41. The van der Waals surface area contributed by atoms with Crippen LogP contribution in [-0.4, -0.2) is 26.2 Å². The highest BCUT2D eigenvalue weighted by Gasteiger charge is 2.12. The molecular formula is C12H11ClO4. The summed E-state index contributed by atoms with van der Waals surface area (Å²) < 4.78 is 9.07. The highest BCUT2D eigenvalue weighted by Crippen LogP contribution is 2.16. The fourth-order valence-electron chi connectivity index (χ4n) is 1.21. The predicted molar refractivity (Wildman–Crippen MR) is 63.6 cm³/mol. The van der Waals surface area contributed by atoms with E-state index in [9.17, 15) is 9.59 Å². The van der Waals surface area contributed by atoms with Crippen LogP contribution in [0.5, 0.6) is 0 Å². The molecule has 0 amide bonds. The molecule has 0 unspecified atom stereocenters. The van der Waals surface area contributed by atoms with Crippen LogP contribution in [0.25, 0.3) is 6.08 Å². The molecule has 1 aromatic rings. The van der Waals surface area contributed by atoms with E-state index < -0.39 is 11.9 Å². The lowest BCUT2D eigenvalue weighted by molar-refractivity contribution is -0.135. The molecule has 0 spiro atoms. The summed E-state index contributed by atoms with van der Waals surface area (Å²) in [5, 5.41) is -0.108. The SMILES string of the molecule is COC(=O)C(Cl)=Cc1ccccc1C(=O)OC. The van der Waals surface area contributed by atoms with Gasteiger partial charge in [-0.3, -0.25) is 0 Å². The van der Waals surface area contributed by atoms with E-state index in [-0.39, 0.29) is 5.03 Å². The van der Waals surface area contributed by atoms with Gasteiger partial charge < -0.3 is 9.47 Å². The minimum Gasteiger partial charge on any atom is -0.465 e. The number of carbonyl (C=O) groups excluding carboxylic acids is 2. The van der Waals surface area contributed by atoms with Crippen molar-refractivity contribution in [3.8, 4) is 0 Å². The van der Waals surface area contributed by atoms with Crippen molar-refractivity contribution in [1.82, 2.24) is 0 Å². The smallest absolute Gasteiger partial charge is 0.349 e. The van der Waals surface area contributed by atoms with E-state index in [1.165, 1.54) is 20.3 Å². The first-order valence-electron chi connectivity index (χ1n) is 4.73. The van der Waals surface area contributed by atoms with Crippen molar-refractivity contribution in [3.05, 3.63) is 40.4 Å². The van der Waals surface area contributed by atoms with Crippen molar-refractivity contribution in [2.75, 3.05) is 14.2 Å². The summed E-state index contributed by atoms with van der Waals surface area (Å²) >= 11 is 5.72.